The van der Waals surface area contributed by atoms with E-state index in [0.29, 0.717) is 11.1 Å². The second-order valence-electron chi connectivity index (χ2n) is 6.21. The van der Waals surface area contributed by atoms with Gasteiger partial charge in [-0.25, -0.2) is 0 Å². The van der Waals surface area contributed by atoms with Gasteiger partial charge in [-0.05, 0) is 43.2 Å². The van der Waals surface area contributed by atoms with Gasteiger partial charge in [0.05, 0.1) is 11.1 Å². The molecule has 1 atom stereocenters. The Morgan fingerprint density at radius 3 is 2.22 bits per heavy atom. The number of benzene rings is 2. The minimum absolute atomic E-state index is 0.0539. The lowest BCUT2D eigenvalue weighted by Gasteiger charge is -2.13. The van der Waals surface area contributed by atoms with Crippen LogP contribution in [0.15, 0.2) is 48.5 Å². The van der Waals surface area contributed by atoms with Crippen LogP contribution in [0, 0.1) is 0 Å². The Bertz CT molecular complexity index is 802. The first-order chi connectivity index (χ1) is 12.7. The van der Waals surface area contributed by atoms with Gasteiger partial charge in [0.2, 0.25) is 0 Å². The predicted molar refractivity (Wildman–Crippen MR) is 96.3 cm³/mol. The van der Waals surface area contributed by atoms with E-state index in [1.54, 1.807) is 24.3 Å². The zero-order chi connectivity index (χ0) is 20.0. The summed E-state index contributed by atoms with van der Waals surface area (Å²) in [4.78, 5) is 24.2. The van der Waals surface area contributed by atoms with Gasteiger partial charge in [0, 0.05) is 18.2 Å². The average Bonchev–Trinajstić information content (AvgIpc) is 2.65. The van der Waals surface area contributed by atoms with E-state index in [1.807, 2.05) is 13.8 Å². The second-order valence-corrected chi connectivity index (χ2v) is 6.21. The van der Waals surface area contributed by atoms with Crippen LogP contribution in [-0.2, 0) is 12.7 Å². The fourth-order valence-electron chi connectivity index (χ4n) is 2.39. The summed E-state index contributed by atoms with van der Waals surface area (Å²) >= 11 is 0. The highest BCUT2D eigenvalue weighted by atomic mass is 19.4. The molecule has 0 aromatic heterocycles. The van der Waals surface area contributed by atoms with E-state index in [9.17, 15) is 22.8 Å². The number of alkyl halides is 3. The molecule has 0 saturated heterocycles. The topological polar surface area (TPSA) is 58.2 Å². The van der Waals surface area contributed by atoms with E-state index in [0.717, 1.165) is 18.6 Å². The van der Waals surface area contributed by atoms with Crippen molar-refractivity contribution in [3.63, 3.8) is 0 Å². The van der Waals surface area contributed by atoms with Gasteiger partial charge in [0.25, 0.3) is 11.8 Å². The van der Waals surface area contributed by atoms with Crippen molar-refractivity contribution in [2.45, 2.75) is 39.0 Å². The van der Waals surface area contributed by atoms with Gasteiger partial charge < -0.3 is 10.6 Å². The fourth-order valence-corrected chi connectivity index (χ4v) is 2.39. The van der Waals surface area contributed by atoms with Crippen molar-refractivity contribution in [1.29, 1.82) is 0 Å². The molecule has 0 aliphatic heterocycles. The van der Waals surface area contributed by atoms with E-state index >= 15 is 0 Å². The largest absolute Gasteiger partial charge is 0.417 e. The van der Waals surface area contributed by atoms with Crippen molar-refractivity contribution < 1.29 is 22.8 Å². The van der Waals surface area contributed by atoms with Crippen molar-refractivity contribution in [1.82, 2.24) is 10.6 Å². The zero-order valence-corrected chi connectivity index (χ0v) is 15.1. The summed E-state index contributed by atoms with van der Waals surface area (Å²) in [5, 5.41) is 5.32. The van der Waals surface area contributed by atoms with E-state index in [2.05, 4.69) is 10.6 Å². The lowest BCUT2D eigenvalue weighted by molar-refractivity contribution is -0.137. The lowest BCUT2D eigenvalue weighted by atomic mass is 10.1. The summed E-state index contributed by atoms with van der Waals surface area (Å²) in [5.41, 5.74) is -0.241. The van der Waals surface area contributed by atoms with Crippen LogP contribution in [-0.4, -0.2) is 17.9 Å². The molecule has 0 bridgehead atoms. The Balaban J connectivity index is 2.01. The lowest BCUT2D eigenvalue weighted by Crippen LogP contribution is -2.31. The highest BCUT2D eigenvalue weighted by Crippen LogP contribution is 2.31. The third-order valence-corrected chi connectivity index (χ3v) is 4.14. The summed E-state index contributed by atoms with van der Waals surface area (Å²) in [6, 6.07) is 11.2. The Morgan fingerprint density at radius 1 is 1.00 bits per heavy atom. The number of hydrogen-bond acceptors (Lipinski definition) is 2. The molecule has 0 fully saturated rings. The standard InChI is InChI=1S/C20H21F3N2O2/c1-3-13(2)25-18(26)15-10-8-14(9-11-15)12-24-19(27)16-6-4-5-7-17(16)20(21,22)23/h4-11,13H,3,12H2,1-2H3,(H,24,27)(H,25,26)/t13-/m0/s1. The van der Waals surface area contributed by atoms with E-state index in [-0.39, 0.29) is 18.5 Å². The van der Waals surface area contributed by atoms with Gasteiger partial charge in [-0.3, -0.25) is 9.59 Å². The molecule has 0 spiro atoms. The fraction of sp³-hybridized carbons (Fsp3) is 0.300. The normalized spacial score (nSPS) is 12.3. The van der Waals surface area contributed by atoms with Crippen LogP contribution in [0.4, 0.5) is 13.2 Å². The Morgan fingerprint density at radius 2 is 1.63 bits per heavy atom. The molecule has 2 aromatic carbocycles. The minimum Gasteiger partial charge on any atom is -0.350 e. The molecule has 4 nitrogen and oxygen atoms in total. The summed E-state index contributed by atoms with van der Waals surface area (Å²) < 4.78 is 39.0. The van der Waals surface area contributed by atoms with Crippen LogP contribution in [0.25, 0.3) is 0 Å². The van der Waals surface area contributed by atoms with Crippen LogP contribution in [0.3, 0.4) is 0 Å². The highest BCUT2D eigenvalue weighted by Gasteiger charge is 2.34. The molecular formula is C20H21F3N2O2. The van der Waals surface area contributed by atoms with Gasteiger partial charge in [0.15, 0.2) is 0 Å². The zero-order valence-electron chi connectivity index (χ0n) is 15.1. The molecule has 2 N–H and O–H groups in total. The average molecular weight is 378 g/mol. The number of carbonyl (C=O) groups excluding carboxylic acids is 2. The molecule has 2 aromatic rings. The molecule has 0 radical (unpaired) electrons. The van der Waals surface area contributed by atoms with Crippen molar-refractivity contribution in [3.05, 3.63) is 70.8 Å². The molecule has 144 valence electrons. The number of nitrogens with one attached hydrogen (secondary N) is 2. The van der Waals surface area contributed by atoms with Crippen LogP contribution in [0.2, 0.25) is 0 Å². The molecule has 27 heavy (non-hydrogen) atoms. The van der Waals surface area contributed by atoms with Crippen molar-refractivity contribution in [2.24, 2.45) is 0 Å². The van der Waals surface area contributed by atoms with Gasteiger partial charge in [-0.2, -0.15) is 13.2 Å². The summed E-state index contributed by atoms with van der Waals surface area (Å²) in [5.74, 6) is -0.999. The van der Waals surface area contributed by atoms with E-state index in [4.69, 9.17) is 0 Å². The summed E-state index contributed by atoms with van der Waals surface area (Å²) in [7, 11) is 0. The maximum absolute atomic E-state index is 13.0. The minimum atomic E-state index is -4.60. The summed E-state index contributed by atoms with van der Waals surface area (Å²) in [6.07, 6.45) is -3.78. The number of rotatable bonds is 6. The van der Waals surface area contributed by atoms with Gasteiger partial charge in [-0.15, -0.1) is 0 Å². The number of carbonyl (C=O) groups is 2. The number of halogens is 3. The second kappa shape index (κ2) is 8.70. The van der Waals surface area contributed by atoms with Crippen LogP contribution >= 0.6 is 0 Å². The van der Waals surface area contributed by atoms with E-state index < -0.39 is 23.2 Å². The Kier molecular flexibility index (Phi) is 6.60. The van der Waals surface area contributed by atoms with Crippen LogP contribution in [0.1, 0.15) is 52.1 Å². The molecular weight excluding hydrogens is 357 g/mol. The third-order valence-electron chi connectivity index (χ3n) is 4.14. The maximum atomic E-state index is 13.0. The molecule has 0 aliphatic rings. The highest BCUT2D eigenvalue weighted by molar-refractivity contribution is 5.96. The Labute approximate surface area is 155 Å². The van der Waals surface area contributed by atoms with Gasteiger partial charge in [0.1, 0.15) is 0 Å². The van der Waals surface area contributed by atoms with Crippen LogP contribution in [0.5, 0.6) is 0 Å². The Hall–Kier alpha value is -2.83. The third kappa shape index (κ3) is 5.57. The first-order valence-corrected chi connectivity index (χ1v) is 8.56. The van der Waals surface area contributed by atoms with Crippen molar-refractivity contribution >= 4 is 11.8 Å². The molecule has 2 rings (SSSR count). The monoisotopic (exact) mass is 378 g/mol. The van der Waals surface area contributed by atoms with E-state index in [1.165, 1.54) is 12.1 Å². The van der Waals surface area contributed by atoms with Crippen molar-refractivity contribution in [3.8, 4) is 0 Å². The van der Waals surface area contributed by atoms with Crippen LogP contribution < -0.4 is 10.6 Å². The molecule has 0 heterocycles. The number of hydrogen-bond donors (Lipinski definition) is 2. The smallest absolute Gasteiger partial charge is 0.350 e. The SMILES string of the molecule is CC[C@H](C)NC(=O)c1ccc(CNC(=O)c2ccccc2C(F)(F)F)cc1. The quantitative estimate of drug-likeness (QED) is 0.793. The number of amides is 2. The molecule has 0 saturated carbocycles. The first-order valence-electron chi connectivity index (χ1n) is 8.56. The molecule has 2 amide bonds. The first kappa shape index (κ1) is 20.5. The predicted octanol–water partition coefficient (Wildman–Crippen LogP) is 4.16. The molecule has 0 unspecified atom stereocenters. The maximum Gasteiger partial charge on any atom is 0.417 e. The molecule has 7 heteroatoms. The van der Waals surface area contributed by atoms with Crippen molar-refractivity contribution in [2.75, 3.05) is 0 Å². The summed E-state index contributed by atoms with van der Waals surface area (Å²) in [6.45, 7) is 3.92. The van der Waals surface area contributed by atoms with Gasteiger partial charge >= 0.3 is 6.18 Å². The van der Waals surface area contributed by atoms with Gasteiger partial charge in [-0.1, -0.05) is 31.2 Å². The molecule has 0 aliphatic carbocycles.